The number of guanidine groups is 1. The predicted octanol–water partition coefficient (Wildman–Crippen LogP) is 3.17. The van der Waals surface area contributed by atoms with E-state index in [1.807, 2.05) is 0 Å². The van der Waals surface area contributed by atoms with Crippen LogP contribution < -0.4 is 10.6 Å². The minimum absolute atomic E-state index is 0. The normalized spacial score (nSPS) is 17.5. The Hall–Kier alpha value is -0.380. The van der Waals surface area contributed by atoms with Crippen LogP contribution in [0.15, 0.2) is 22.5 Å². The average Bonchev–Trinajstić information content (AvgIpc) is 3.14. The van der Waals surface area contributed by atoms with Gasteiger partial charge in [-0.1, -0.05) is 26.8 Å². The van der Waals surface area contributed by atoms with Crippen LogP contribution in [-0.4, -0.2) is 63.3 Å². The van der Waals surface area contributed by atoms with Gasteiger partial charge in [-0.15, -0.1) is 35.3 Å². The number of rotatable bonds is 8. The molecule has 1 aliphatic heterocycles. The largest absolute Gasteiger partial charge is 0.379 e. The van der Waals surface area contributed by atoms with E-state index in [0.717, 1.165) is 58.4 Å². The first-order valence-corrected chi connectivity index (χ1v) is 10.3. The molecular weight excluding hydrogens is 459 g/mol. The van der Waals surface area contributed by atoms with Crippen molar-refractivity contribution in [3.05, 3.63) is 22.4 Å². The van der Waals surface area contributed by atoms with E-state index in [4.69, 9.17) is 9.73 Å². The summed E-state index contributed by atoms with van der Waals surface area (Å²) in [7, 11) is 0. The van der Waals surface area contributed by atoms with Crippen molar-refractivity contribution in [3.63, 3.8) is 0 Å². The van der Waals surface area contributed by atoms with Crippen molar-refractivity contribution in [1.82, 2.24) is 15.5 Å². The Bertz CT molecular complexity index is 516. The summed E-state index contributed by atoms with van der Waals surface area (Å²) in [5, 5.41) is 9.02. The van der Waals surface area contributed by atoms with Gasteiger partial charge in [-0.3, -0.25) is 9.89 Å². The van der Waals surface area contributed by atoms with Gasteiger partial charge in [0.05, 0.1) is 19.8 Å². The SMILES string of the molecule is CCNC(=NCC(C)(C)c1cccs1)NCC(C)CN1CCOCC1.I. The summed E-state index contributed by atoms with van der Waals surface area (Å²) in [6, 6.07) is 4.31. The van der Waals surface area contributed by atoms with Crippen molar-refractivity contribution < 1.29 is 4.74 Å². The summed E-state index contributed by atoms with van der Waals surface area (Å²) in [6.45, 7) is 16.4. The van der Waals surface area contributed by atoms with Crippen molar-refractivity contribution in [3.8, 4) is 0 Å². The molecule has 1 aromatic rings. The standard InChI is InChI=1S/C19H34N4OS.HI/c1-5-20-18(22-15-19(3,4)17-7-6-12-25-17)21-13-16(2)14-23-8-10-24-11-9-23;/h6-7,12,16H,5,8-11,13-15H2,1-4H3,(H2,20,21,22);1H. The Morgan fingerprint density at radius 3 is 2.69 bits per heavy atom. The van der Waals surface area contributed by atoms with Gasteiger partial charge in [-0.25, -0.2) is 0 Å². The fraction of sp³-hybridized carbons (Fsp3) is 0.737. The molecule has 2 rings (SSSR count). The molecule has 7 heteroatoms. The van der Waals surface area contributed by atoms with Gasteiger partial charge in [0.25, 0.3) is 0 Å². The molecule has 1 aromatic heterocycles. The molecule has 0 spiro atoms. The van der Waals surface area contributed by atoms with Gasteiger partial charge in [0, 0.05) is 43.0 Å². The Labute approximate surface area is 180 Å². The molecule has 0 aromatic carbocycles. The van der Waals surface area contributed by atoms with Gasteiger partial charge in [-0.2, -0.15) is 0 Å². The van der Waals surface area contributed by atoms with Gasteiger partial charge >= 0.3 is 0 Å². The van der Waals surface area contributed by atoms with Crippen molar-refractivity contribution >= 4 is 41.3 Å². The molecule has 0 bridgehead atoms. The van der Waals surface area contributed by atoms with Crippen LogP contribution in [0.2, 0.25) is 0 Å². The van der Waals surface area contributed by atoms with Crippen LogP contribution >= 0.6 is 35.3 Å². The van der Waals surface area contributed by atoms with Gasteiger partial charge in [0.15, 0.2) is 5.96 Å². The highest BCUT2D eigenvalue weighted by molar-refractivity contribution is 14.0. The molecule has 2 heterocycles. The summed E-state index contributed by atoms with van der Waals surface area (Å²) in [5.41, 5.74) is 0.0654. The van der Waals surface area contributed by atoms with E-state index in [9.17, 15) is 0 Å². The van der Waals surface area contributed by atoms with Crippen LogP contribution in [0.4, 0.5) is 0 Å². The summed E-state index contributed by atoms with van der Waals surface area (Å²) in [6.07, 6.45) is 0. The molecule has 1 saturated heterocycles. The van der Waals surface area contributed by atoms with Gasteiger partial charge < -0.3 is 15.4 Å². The zero-order valence-corrected chi connectivity index (χ0v) is 19.7. The van der Waals surface area contributed by atoms with Crippen molar-refractivity contribution in [2.24, 2.45) is 10.9 Å². The lowest BCUT2D eigenvalue weighted by molar-refractivity contribution is 0.0320. The van der Waals surface area contributed by atoms with E-state index in [2.05, 4.69) is 60.7 Å². The molecule has 2 N–H and O–H groups in total. The first-order valence-electron chi connectivity index (χ1n) is 9.37. The molecule has 1 unspecified atom stereocenters. The fourth-order valence-electron chi connectivity index (χ4n) is 2.92. The van der Waals surface area contributed by atoms with Crippen LogP contribution in [-0.2, 0) is 10.2 Å². The summed E-state index contributed by atoms with van der Waals surface area (Å²) in [5.74, 6) is 1.49. The number of aliphatic imine (C=N–C) groups is 1. The Morgan fingerprint density at radius 2 is 2.08 bits per heavy atom. The monoisotopic (exact) mass is 494 g/mol. The van der Waals surface area contributed by atoms with Crippen molar-refractivity contribution in [2.45, 2.75) is 33.1 Å². The maximum atomic E-state index is 5.42. The number of nitrogens with one attached hydrogen (secondary N) is 2. The minimum Gasteiger partial charge on any atom is -0.379 e. The molecular formula is C19H35IN4OS. The van der Waals surface area contributed by atoms with Crippen LogP contribution in [0.25, 0.3) is 0 Å². The van der Waals surface area contributed by atoms with Crippen molar-refractivity contribution in [2.75, 3.05) is 52.5 Å². The molecule has 1 fully saturated rings. The summed E-state index contributed by atoms with van der Waals surface area (Å²) < 4.78 is 5.42. The van der Waals surface area contributed by atoms with Crippen LogP contribution in [0.3, 0.4) is 0 Å². The first-order chi connectivity index (χ1) is 12.0. The van der Waals surface area contributed by atoms with Crippen LogP contribution in [0.5, 0.6) is 0 Å². The molecule has 0 amide bonds. The smallest absolute Gasteiger partial charge is 0.191 e. The predicted molar refractivity (Wildman–Crippen MR) is 123 cm³/mol. The molecule has 0 saturated carbocycles. The Kier molecular flexibility index (Phi) is 11.1. The zero-order chi connectivity index (χ0) is 18.1. The molecule has 5 nitrogen and oxygen atoms in total. The van der Waals surface area contributed by atoms with Crippen LogP contribution in [0.1, 0.15) is 32.6 Å². The number of ether oxygens (including phenoxy) is 1. The highest BCUT2D eigenvalue weighted by Gasteiger charge is 2.21. The third-order valence-electron chi connectivity index (χ3n) is 4.46. The van der Waals surface area contributed by atoms with E-state index in [1.165, 1.54) is 4.88 Å². The molecule has 0 aliphatic carbocycles. The van der Waals surface area contributed by atoms with Crippen molar-refractivity contribution in [1.29, 1.82) is 0 Å². The quantitative estimate of drug-likeness (QED) is 0.331. The summed E-state index contributed by atoms with van der Waals surface area (Å²) >= 11 is 1.81. The lowest BCUT2D eigenvalue weighted by atomic mass is 9.92. The maximum Gasteiger partial charge on any atom is 0.191 e. The van der Waals surface area contributed by atoms with Gasteiger partial charge in [-0.05, 0) is 24.3 Å². The van der Waals surface area contributed by atoms with Gasteiger partial charge in [0.1, 0.15) is 0 Å². The van der Waals surface area contributed by atoms with Crippen LogP contribution in [0, 0.1) is 5.92 Å². The second kappa shape index (κ2) is 12.2. The third kappa shape index (κ3) is 8.10. The van der Waals surface area contributed by atoms with E-state index in [-0.39, 0.29) is 29.4 Å². The summed E-state index contributed by atoms with van der Waals surface area (Å²) in [4.78, 5) is 8.70. The fourth-order valence-corrected chi connectivity index (χ4v) is 3.76. The second-order valence-corrected chi connectivity index (χ2v) is 8.40. The number of hydrogen-bond donors (Lipinski definition) is 2. The average molecular weight is 494 g/mol. The lowest BCUT2D eigenvalue weighted by Gasteiger charge is -2.29. The Balaban J connectivity index is 0.00000338. The minimum atomic E-state index is 0. The Morgan fingerprint density at radius 1 is 1.35 bits per heavy atom. The molecule has 1 aliphatic rings. The number of morpholine rings is 1. The topological polar surface area (TPSA) is 48.9 Å². The van der Waals surface area contributed by atoms with E-state index >= 15 is 0 Å². The van der Waals surface area contributed by atoms with E-state index < -0.39 is 0 Å². The molecule has 0 radical (unpaired) electrons. The van der Waals surface area contributed by atoms with E-state index in [1.54, 1.807) is 11.3 Å². The third-order valence-corrected chi connectivity index (χ3v) is 5.69. The number of thiophene rings is 1. The second-order valence-electron chi connectivity index (χ2n) is 7.46. The zero-order valence-electron chi connectivity index (χ0n) is 16.6. The molecule has 1 atom stereocenters. The lowest BCUT2D eigenvalue weighted by Crippen LogP contribution is -2.44. The highest BCUT2D eigenvalue weighted by Crippen LogP contribution is 2.27. The number of nitrogens with zero attached hydrogens (tertiary/aromatic N) is 2. The number of hydrogen-bond acceptors (Lipinski definition) is 4. The highest BCUT2D eigenvalue weighted by atomic mass is 127. The van der Waals surface area contributed by atoms with Gasteiger partial charge in [0.2, 0.25) is 0 Å². The first kappa shape index (κ1) is 23.7. The molecule has 26 heavy (non-hydrogen) atoms. The number of halogens is 1. The van der Waals surface area contributed by atoms with E-state index in [0.29, 0.717) is 5.92 Å². The maximum absolute atomic E-state index is 5.42. The molecule has 150 valence electrons.